The number of carbonyl (C=O) groups is 1. The zero-order valence-electron chi connectivity index (χ0n) is 16.0. The average Bonchev–Trinajstić information content (AvgIpc) is 3.15. The number of rotatable bonds is 8. The van der Waals surface area contributed by atoms with E-state index >= 15 is 0 Å². The number of hydrogen-bond acceptors (Lipinski definition) is 5. The Labute approximate surface area is 164 Å². The fourth-order valence-corrected chi connectivity index (χ4v) is 3.53. The van der Waals surface area contributed by atoms with Crippen molar-refractivity contribution in [3.8, 4) is 5.69 Å². The van der Waals surface area contributed by atoms with E-state index in [1.54, 1.807) is 4.68 Å². The minimum Gasteiger partial charge on any atom is -0.293 e. The van der Waals surface area contributed by atoms with Gasteiger partial charge in [0.15, 0.2) is 5.78 Å². The zero-order valence-corrected chi connectivity index (χ0v) is 16.8. The molecule has 2 aromatic carbocycles. The Morgan fingerprint density at radius 2 is 1.85 bits per heavy atom. The van der Waals surface area contributed by atoms with Crippen LogP contribution in [0.5, 0.6) is 0 Å². The van der Waals surface area contributed by atoms with Gasteiger partial charge in [0.25, 0.3) is 0 Å². The summed E-state index contributed by atoms with van der Waals surface area (Å²) in [5, 5.41) is 12.5. The van der Waals surface area contributed by atoms with Crippen molar-refractivity contribution in [1.29, 1.82) is 0 Å². The third kappa shape index (κ3) is 4.83. The Kier molecular flexibility index (Phi) is 6.40. The molecule has 6 heteroatoms. The number of carbonyl (C=O) groups excluding carboxylic acids is 1. The molecule has 27 heavy (non-hydrogen) atoms. The van der Waals surface area contributed by atoms with Gasteiger partial charge in [-0.05, 0) is 65.9 Å². The number of thioether (sulfide) groups is 1. The van der Waals surface area contributed by atoms with Gasteiger partial charge >= 0.3 is 0 Å². The Morgan fingerprint density at radius 3 is 2.56 bits per heavy atom. The number of ketones is 1. The second-order valence-electron chi connectivity index (χ2n) is 6.65. The van der Waals surface area contributed by atoms with Crippen LogP contribution in [0.3, 0.4) is 0 Å². The Bertz CT molecular complexity index is 918. The first-order chi connectivity index (χ1) is 13.1. The highest BCUT2D eigenvalue weighted by Crippen LogP contribution is 2.21. The predicted molar refractivity (Wildman–Crippen MR) is 109 cm³/mol. The predicted octanol–water partition coefficient (Wildman–Crippen LogP) is 4.60. The Balaban J connectivity index is 1.66. The number of Topliss-reactive ketones (excluding diaryl/α,β-unsaturated/α-hetero) is 1. The van der Waals surface area contributed by atoms with E-state index in [9.17, 15) is 4.79 Å². The summed E-state index contributed by atoms with van der Waals surface area (Å²) in [6.07, 6.45) is 3.40. The molecule has 0 aliphatic heterocycles. The lowest BCUT2D eigenvalue weighted by Crippen LogP contribution is -2.05. The van der Waals surface area contributed by atoms with Crippen LogP contribution >= 0.6 is 11.8 Å². The monoisotopic (exact) mass is 380 g/mol. The molecule has 0 unspecified atom stereocenters. The van der Waals surface area contributed by atoms with Gasteiger partial charge in [0.2, 0.25) is 5.16 Å². The van der Waals surface area contributed by atoms with Crippen molar-refractivity contribution in [1.82, 2.24) is 20.2 Å². The topological polar surface area (TPSA) is 60.7 Å². The number of nitrogens with zero attached hydrogens (tertiary/aromatic N) is 4. The summed E-state index contributed by atoms with van der Waals surface area (Å²) >= 11 is 1.36. The molecular formula is C21H24N4OS. The maximum absolute atomic E-state index is 12.5. The molecule has 0 radical (unpaired) electrons. The smallest absolute Gasteiger partial charge is 0.214 e. The molecule has 1 heterocycles. The van der Waals surface area contributed by atoms with Crippen LogP contribution in [0.25, 0.3) is 5.69 Å². The fraction of sp³-hybridized carbons (Fsp3) is 0.333. The minimum atomic E-state index is 0.0803. The molecule has 0 spiro atoms. The summed E-state index contributed by atoms with van der Waals surface area (Å²) in [6, 6.07) is 14.0. The van der Waals surface area contributed by atoms with Gasteiger partial charge in [-0.1, -0.05) is 55.4 Å². The van der Waals surface area contributed by atoms with E-state index in [0.29, 0.717) is 10.9 Å². The molecule has 0 saturated carbocycles. The van der Waals surface area contributed by atoms with E-state index in [0.717, 1.165) is 17.7 Å². The Morgan fingerprint density at radius 1 is 1.07 bits per heavy atom. The molecule has 140 valence electrons. The maximum Gasteiger partial charge on any atom is 0.214 e. The van der Waals surface area contributed by atoms with E-state index in [-0.39, 0.29) is 5.78 Å². The molecule has 5 nitrogen and oxygen atoms in total. The summed E-state index contributed by atoms with van der Waals surface area (Å²) in [7, 11) is 0. The second kappa shape index (κ2) is 8.95. The molecule has 0 atom stereocenters. The van der Waals surface area contributed by atoms with Gasteiger partial charge in [-0.2, -0.15) is 4.68 Å². The number of aryl methyl sites for hydroxylation is 3. The lowest BCUT2D eigenvalue weighted by molar-refractivity contribution is 0.102. The van der Waals surface area contributed by atoms with Crippen LogP contribution in [0, 0.1) is 13.8 Å². The van der Waals surface area contributed by atoms with Crippen LogP contribution < -0.4 is 0 Å². The van der Waals surface area contributed by atoms with Crippen molar-refractivity contribution in [2.45, 2.75) is 45.2 Å². The molecule has 0 bridgehead atoms. The van der Waals surface area contributed by atoms with Crippen molar-refractivity contribution >= 4 is 17.5 Å². The second-order valence-corrected chi connectivity index (χ2v) is 7.60. The minimum absolute atomic E-state index is 0.0803. The van der Waals surface area contributed by atoms with Gasteiger partial charge in [0, 0.05) is 5.56 Å². The van der Waals surface area contributed by atoms with Crippen LogP contribution in [0.1, 0.15) is 46.8 Å². The van der Waals surface area contributed by atoms with E-state index < -0.39 is 0 Å². The van der Waals surface area contributed by atoms with Gasteiger partial charge in [0.05, 0.1) is 11.4 Å². The normalized spacial score (nSPS) is 10.9. The van der Waals surface area contributed by atoms with E-state index in [1.165, 1.54) is 41.3 Å². The first kappa shape index (κ1) is 19.3. The van der Waals surface area contributed by atoms with Gasteiger partial charge in [0.1, 0.15) is 0 Å². The summed E-state index contributed by atoms with van der Waals surface area (Å²) < 4.78 is 1.68. The van der Waals surface area contributed by atoms with Crippen molar-refractivity contribution in [3.63, 3.8) is 0 Å². The lowest BCUT2D eigenvalue weighted by Gasteiger charge is -2.07. The highest BCUT2D eigenvalue weighted by molar-refractivity contribution is 7.99. The number of tetrazole rings is 1. The number of aromatic nitrogens is 4. The van der Waals surface area contributed by atoms with Crippen LogP contribution in [-0.2, 0) is 6.42 Å². The summed E-state index contributed by atoms with van der Waals surface area (Å²) in [5.41, 5.74) is 5.31. The molecule has 3 aromatic rings. The molecule has 0 saturated heterocycles. The van der Waals surface area contributed by atoms with Gasteiger partial charge < -0.3 is 0 Å². The third-order valence-corrected chi connectivity index (χ3v) is 5.52. The third-order valence-electron chi connectivity index (χ3n) is 4.60. The van der Waals surface area contributed by atoms with Crippen LogP contribution in [-0.4, -0.2) is 31.7 Å². The average molecular weight is 381 g/mol. The molecule has 0 aliphatic carbocycles. The van der Waals surface area contributed by atoms with Gasteiger partial charge in [-0.25, -0.2) is 0 Å². The molecule has 0 fully saturated rings. The van der Waals surface area contributed by atoms with Crippen molar-refractivity contribution < 1.29 is 4.79 Å². The highest BCUT2D eigenvalue weighted by Gasteiger charge is 2.13. The molecule has 3 rings (SSSR count). The van der Waals surface area contributed by atoms with Crippen LogP contribution in [0.2, 0.25) is 0 Å². The number of unbranched alkanes of at least 4 members (excludes halogenated alkanes) is 1. The van der Waals surface area contributed by atoms with Crippen molar-refractivity contribution in [2.24, 2.45) is 0 Å². The number of hydrogen-bond donors (Lipinski definition) is 0. The largest absolute Gasteiger partial charge is 0.293 e. The first-order valence-electron chi connectivity index (χ1n) is 9.19. The molecule has 0 amide bonds. The molecule has 1 aromatic heterocycles. The highest BCUT2D eigenvalue weighted by atomic mass is 32.2. The fourth-order valence-electron chi connectivity index (χ4n) is 2.74. The van der Waals surface area contributed by atoms with Gasteiger partial charge in [-0.15, -0.1) is 5.10 Å². The van der Waals surface area contributed by atoms with E-state index in [4.69, 9.17) is 0 Å². The van der Waals surface area contributed by atoms with Gasteiger partial charge in [-0.3, -0.25) is 4.79 Å². The standard InChI is InChI=1S/C21H24N4OS/c1-4-5-6-17-8-10-18(11-9-17)20(26)14-27-21-22-23-24-25(21)19-12-7-15(2)16(3)13-19/h7-13H,4-6,14H2,1-3H3. The molecule has 0 aliphatic rings. The maximum atomic E-state index is 12.5. The first-order valence-corrected chi connectivity index (χ1v) is 10.2. The zero-order chi connectivity index (χ0) is 19.2. The van der Waals surface area contributed by atoms with Crippen LogP contribution in [0.15, 0.2) is 47.6 Å². The molecule has 0 N–H and O–H groups in total. The van der Waals surface area contributed by atoms with E-state index in [2.05, 4.69) is 36.3 Å². The van der Waals surface area contributed by atoms with E-state index in [1.807, 2.05) is 42.5 Å². The lowest BCUT2D eigenvalue weighted by atomic mass is 10.1. The van der Waals surface area contributed by atoms with Crippen molar-refractivity contribution in [2.75, 3.05) is 5.75 Å². The van der Waals surface area contributed by atoms with Crippen molar-refractivity contribution in [3.05, 3.63) is 64.7 Å². The Hall–Kier alpha value is -2.47. The number of benzene rings is 2. The SMILES string of the molecule is CCCCc1ccc(C(=O)CSc2nnnn2-c2ccc(C)c(C)c2)cc1. The van der Waals surface area contributed by atoms with Crippen LogP contribution in [0.4, 0.5) is 0 Å². The quantitative estimate of drug-likeness (QED) is 0.422. The summed E-state index contributed by atoms with van der Waals surface area (Å²) in [6.45, 7) is 6.31. The summed E-state index contributed by atoms with van der Waals surface area (Å²) in [4.78, 5) is 12.5. The summed E-state index contributed by atoms with van der Waals surface area (Å²) in [5.74, 6) is 0.385. The molecular weight excluding hydrogens is 356 g/mol.